The van der Waals surface area contributed by atoms with Gasteiger partial charge >= 0.3 is 5.97 Å². The zero-order chi connectivity index (χ0) is 18.8. The summed E-state index contributed by atoms with van der Waals surface area (Å²) in [6.07, 6.45) is 8.38. The molecule has 0 saturated carbocycles. The van der Waals surface area contributed by atoms with E-state index >= 15 is 0 Å². The number of fused-ring (bicyclic) bond motifs is 1. The Morgan fingerprint density at radius 3 is 2.60 bits per heavy atom. The summed E-state index contributed by atoms with van der Waals surface area (Å²) in [5.74, 6) is 0.242. The van der Waals surface area contributed by atoms with Gasteiger partial charge in [-0.3, -0.25) is 0 Å². The molecular weight excluding hydrogens is 320 g/mol. The number of hydrogen-bond acceptors (Lipinski definition) is 6. The molecule has 7 heteroatoms. The summed E-state index contributed by atoms with van der Waals surface area (Å²) in [6, 6.07) is 0. The number of aryl methyl sites for hydroxylation is 1. The molecule has 134 valence electrons. The van der Waals surface area contributed by atoms with E-state index in [4.69, 9.17) is 4.74 Å². The van der Waals surface area contributed by atoms with Crippen molar-refractivity contribution in [1.82, 2.24) is 14.6 Å². The predicted octanol–water partition coefficient (Wildman–Crippen LogP) is 2.80. The summed E-state index contributed by atoms with van der Waals surface area (Å²) in [5, 5.41) is 7.35. The van der Waals surface area contributed by atoms with Crippen molar-refractivity contribution in [2.45, 2.75) is 6.92 Å². The van der Waals surface area contributed by atoms with E-state index in [0.717, 1.165) is 16.7 Å². The van der Waals surface area contributed by atoms with E-state index in [1.165, 1.54) is 13.4 Å². The van der Waals surface area contributed by atoms with Gasteiger partial charge in [0.15, 0.2) is 5.82 Å². The zero-order valence-electron chi connectivity index (χ0n) is 15.1. The SMILES string of the molecule is C=C/C=C(\C=C)CNc1ncnn2cc(C(=O)OC)c(C)c12.COC. The van der Waals surface area contributed by atoms with E-state index in [1.807, 2.05) is 13.0 Å². The van der Waals surface area contributed by atoms with Crippen LogP contribution in [-0.4, -0.2) is 48.4 Å². The molecule has 1 N–H and O–H groups in total. The fraction of sp³-hybridized carbons (Fsp3) is 0.278. The molecule has 0 fully saturated rings. The molecule has 0 unspecified atom stereocenters. The highest BCUT2D eigenvalue weighted by molar-refractivity contribution is 5.95. The maximum absolute atomic E-state index is 11.8. The smallest absolute Gasteiger partial charge is 0.339 e. The third-order valence-corrected chi connectivity index (χ3v) is 3.29. The first-order valence-electron chi connectivity index (χ1n) is 7.53. The van der Waals surface area contributed by atoms with Gasteiger partial charge in [0, 0.05) is 27.0 Å². The maximum Gasteiger partial charge on any atom is 0.339 e. The molecule has 0 aliphatic rings. The van der Waals surface area contributed by atoms with Crippen LogP contribution in [0.25, 0.3) is 5.52 Å². The van der Waals surface area contributed by atoms with E-state index in [2.05, 4.69) is 33.3 Å². The minimum Gasteiger partial charge on any atom is -0.465 e. The molecule has 0 amide bonds. The lowest BCUT2D eigenvalue weighted by Gasteiger charge is -2.08. The van der Waals surface area contributed by atoms with Crippen LogP contribution < -0.4 is 5.32 Å². The number of aromatic nitrogens is 3. The van der Waals surface area contributed by atoms with Crippen LogP contribution in [0.2, 0.25) is 0 Å². The normalized spacial score (nSPS) is 10.6. The molecule has 25 heavy (non-hydrogen) atoms. The molecular formula is C18H24N4O3. The number of ether oxygens (including phenoxy) is 2. The lowest BCUT2D eigenvalue weighted by atomic mass is 10.2. The van der Waals surface area contributed by atoms with Crippen molar-refractivity contribution in [3.05, 3.63) is 60.6 Å². The fourth-order valence-corrected chi connectivity index (χ4v) is 2.14. The molecule has 0 aliphatic carbocycles. The topological polar surface area (TPSA) is 77.8 Å². The van der Waals surface area contributed by atoms with Gasteiger partial charge in [-0.15, -0.1) is 0 Å². The van der Waals surface area contributed by atoms with Gasteiger partial charge in [0.1, 0.15) is 11.8 Å². The van der Waals surface area contributed by atoms with Gasteiger partial charge in [0.05, 0.1) is 12.7 Å². The second-order valence-electron chi connectivity index (χ2n) is 5.00. The Kier molecular flexibility index (Phi) is 8.08. The molecule has 2 heterocycles. The van der Waals surface area contributed by atoms with Crippen LogP contribution in [0.15, 0.2) is 49.5 Å². The third kappa shape index (κ3) is 5.02. The highest BCUT2D eigenvalue weighted by Crippen LogP contribution is 2.23. The number of rotatable bonds is 6. The number of carbonyl (C=O) groups excluding carboxylic acids is 1. The van der Waals surface area contributed by atoms with E-state index in [-0.39, 0.29) is 0 Å². The summed E-state index contributed by atoms with van der Waals surface area (Å²) >= 11 is 0. The Morgan fingerprint density at radius 1 is 1.36 bits per heavy atom. The minimum atomic E-state index is -0.396. The maximum atomic E-state index is 11.8. The molecule has 0 spiro atoms. The molecule has 0 aromatic carbocycles. The van der Waals surface area contributed by atoms with Crippen LogP contribution in [0.1, 0.15) is 15.9 Å². The van der Waals surface area contributed by atoms with Crippen LogP contribution in [0.4, 0.5) is 5.82 Å². The number of hydrogen-bond donors (Lipinski definition) is 1. The van der Waals surface area contributed by atoms with E-state index in [0.29, 0.717) is 17.9 Å². The van der Waals surface area contributed by atoms with Crippen molar-refractivity contribution in [3.8, 4) is 0 Å². The average molecular weight is 344 g/mol. The lowest BCUT2D eigenvalue weighted by molar-refractivity contribution is 0.0600. The van der Waals surface area contributed by atoms with E-state index in [9.17, 15) is 4.79 Å². The summed E-state index contributed by atoms with van der Waals surface area (Å²) in [7, 11) is 4.60. The molecule has 0 bridgehead atoms. The third-order valence-electron chi connectivity index (χ3n) is 3.29. The number of allylic oxidation sites excluding steroid dienone is 2. The second-order valence-corrected chi connectivity index (χ2v) is 5.00. The molecule has 0 saturated heterocycles. The first-order valence-corrected chi connectivity index (χ1v) is 7.53. The average Bonchev–Trinajstić information content (AvgIpc) is 2.96. The quantitative estimate of drug-likeness (QED) is 0.641. The van der Waals surface area contributed by atoms with Crippen molar-refractivity contribution in [1.29, 1.82) is 0 Å². The first-order chi connectivity index (χ1) is 12.0. The first kappa shape index (κ1) is 20.1. The number of anilines is 1. The van der Waals surface area contributed by atoms with Crippen LogP contribution in [-0.2, 0) is 9.47 Å². The van der Waals surface area contributed by atoms with Crippen LogP contribution in [0.3, 0.4) is 0 Å². The minimum absolute atomic E-state index is 0.396. The standard InChI is InChI=1S/C16H18N4O2.C2H6O/c1-5-7-12(6-2)8-17-15-14-11(3)13(16(21)22-4)9-20(14)19-10-18-15;1-3-2/h5-7,9-10H,1-2,8H2,3-4H3,(H,17,18,19);1-2H3/b12-7+;. The Hall–Kier alpha value is -2.93. The highest BCUT2D eigenvalue weighted by atomic mass is 16.5. The summed E-state index contributed by atoms with van der Waals surface area (Å²) in [5.41, 5.74) is 2.95. The van der Waals surface area contributed by atoms with Gasteiger partial charge in [-0.1, -0.05) is 31.4 Å². The van der Waals surface area contributed by atoms with Gasteiger partial charge in [-0.05, 0) is 18.1 Å². The zero-order valence-corrected chi connectivity index (χ0v) is 15.1. The summed E-state index contributed by atoms with van der Waals surface area (Å²) in [4.78, 5) is 16.0. The largest absolute Gasteiger partial charge is 0.465 e. The van der Waals surface area contributed by atoms with Crippen molar-refractivity contribution < 1.29 is 14.3 Å². The molecule has 0 aliphatic heterocycles. The van der Waals surface area contributed by atoms with Crippen LogP contribution >= 0.6 is 0 Å². The number of nitrogens with one attached hydrogen (secondary N) is 1. The molecule has 2 rings (SSSR count). The highest BCUT2D eigenvalue weighted by Gasteiger charge is 2.18. The fourth-order valence-electron chi connectivity index (χ4n) is 2.14. The van der Waals surface area contributed by atoms with Crippen molar-refractivity contribution in [2.75, 3.05) is 33.2 Å². The molecule has 2 aromatic heterocycles. The van der Waals surface area contributed by atoms with Gasteiger partial charge < -0.3 is 14.8 Å². The van der Waals surface area contributed by atoms with Gasteiger partial charge in [0.25, 0.3) is 0 Å². The predicted molar refractivity (Wildman–Crippen MR) is 99.0 cm³/mol. The van der Waals surface area contributed by atoms with Crippen molar-refractivity contribution in [3.63, 3.8) is 0 Å². The Labute approximate surface area is 147 Å². The van der Waals surface area contributed by atoms with Gasteiger partial charge in [-0.2, -0.15) is 5.10 Å². The van der Waals surface area contributed by atoms with Crippen LogP contribution in [0, 0.1) is 6.92 Å². The van der Waals surface area contributed by atoms with Crippen molar-refractivity contribution in [2.24, 2.45) is 0 Å². The Bertz CT molecular complexity index is 778. The monoisotopic (exact) mass is 344 g/mol. The van der Waals surface area contributed by atoms with Crippen molar-refractivity contribution >= 4 is 17.3 Å². The number of carbonyl (C=O) groups is 1. The van der Waals surface area contributed by atoms with E-state index in [1.54, 1.807) is 37.1 Å². The lowest BCUT2D eigenvalue weighted by Crippen LogP contribution is -2.07. The second kappa shape index (κ2) is 10.0. The molecule has 7 nitrogen and oxygen atoms in total. The Morgan fingerprint density at radius 2 is 2.04 bits per heavy atom. The summed E-state index contributed by atoms with van der Waals surface area (Å²) in [6.45, 7) is 9.80. The molecule has 0 atom stereocenters. The van der Waals surface area contributed by atoms with E-state index < -0.39 is 5.97 Å². The van der Waals surface area contributed by atoms with Gasteiger partial charge in [0.2, 0.25) is 0 Å². The molecule has 0 radical (unpaired) electrons. The molecule has 2 aromatic rings. The number of nitrogens with zero attached hydrogens (tertiary/aromatic N) is 3. The summed E-state index contributed by atoms with van der Waals surface area (Å²) < 4.78 is 10.6. The Balaban J connectivity index is 0.000000970. The number of esters is 1. The number of methoxy groups -OCH3 is 2. The van der Waals surface area contributed by atoms with Gasteiger partial charge in [-0.25, -0.2) is 14.3 Å². The van der Waals surface area contributed by atoms with Crippen LogP contribution in [0.5, 0.6) is 0 Å².